The molecular formula is C13H18BrNO2. The van der Waals surface area contributed by atoms with Crippen molar-refractivity contribution >= 4 is 21.8 Å². The highest BCUT2D eigenvalue weighted by Crippen LogP contribution is 2.10. The monoisotopic (exact) mass is 299 g/mol. The van der Waals surface area contributed by atoms with Crippen LogP contribution in [0.25, 0.3) is 0 Å². The second-order valence-electron chi connectivity index (χ2n) is 3.77. The van der Waals surface area contributed by atoms with Crippen LogP contribution < -0.4 is 5.32 Å². The molecule has 0 unspecified atom stereocenters. The third kappa shape index (κ3) is 6.44. The number of halogens is 1. The van der Waals surface area contributed by atoms with Crippen molar-refractivity contribution in [2.24, 2.45) is 0 Å². The zero-order valence-corrected chi connectivity index (χ0v) is 11.6. The van der Waals surface area contributed by atoms with Gasteiger partial charge in [0.15, 0.2) is 0 Å². The Kier molecular flexibility index (Phi) is 6.89. The Morgan fingerprint density at radius 2 is 2.00 bits per heavy atom. The minimum atomic E-state index is 0.0315. The molecule has 0 spiro atoms. The van der Waals surface area contributed by atoms with E-state index >= 15 is 0 Å². The van der Waals surface area contributed by atoms with Gasteiger partial charge in [-0.05, 0) is 24.1 Å². The molecule has 0 saturated carbocycles. The van der Waals surface area contributed by atoms with E-state index < -0.39 is 0 Å². The molecule has 1 amide bonds. The molecular weight excluding hydrogens is 282 g/mol. The van der Waals surface area contributed by atoms with E-state index in [1.807, 2.05) is 31.2 Å². The van der Waals surface area contributed by atoms with Gasteiger partial charge in [-0.3, -0.25) is 4.79 Å². The lowest BCUT2D eigenvalue weighted by Crippen LogP contribution is -2.23. The molecule has 94 valence electrons. The van der Waals surface area contributed by atoms with Crippen LogP contribution in [0.1, 0.15) is 25.3 Å². The molecule has 0 radical (unpaired) electrons. The number of hydrogen-bond acceptors (Lipinski definition) is 2. The Labute approximate surface area is 111 Å². The van der Waals surface area contributed by atoms with Gasteiger partial charge >= 0.3 is 0 Å². The molecule has 0 aliphatic heterocycles. The van der Waals surface area contributed by atoms with Gasteiger partial charge < -0.3 is 10.1 Å². The number of ether oxygens (including phenoxy) is 1. The van der Waals surface area contributed by atoms with E-state index in [1.165, 1.54) is 0 Å². The number of rotatable bonds is 7. The molecule has 0 bridgehead atoms. The first-order chi connectivity index (χ1) is 8.22. The summed E-state index contributed by atoms with van der Waals surface area (Å²) in [6.07, 6.45) is 1.41. The molecule has 0 aromatic heterocycles. The highest BCUT2D eigenvalue weighted by molar-refractivity contribution is 9.10. The van der Waals surface area contributed by atoms with Crippen molar-refractivity contribution in [1.29, 1.82) is 0 Å². The fourth-order valence-corrected chi connectivity index (χ4v) is 1.57. The largest absolute Gasteiger partial charge is 0.381 e. The van der Waals surface area contributed by atoms with Crippen LogP contribution in [-0.4, -0.2) is 19.1 Å². The fourth-order valence-electron chi connectivity index (χ4n) is 1.30. The topological polar surface area (TPSA) is 38.3 Å². The summed E-state index contributed by atoms with van der Waals surface area (Å²) in [5, 5.41) is 2.86. The summed E-state index contributed by atoms with van der Waals surface area (Å²) in [6.45, 7) is 3.84. The van der Waals surface area contributed by atoms with Crippen LogP contribution in [0.4, 0.5) is 0 Å². The van der Waals surface area contributed by atoms with Crippen LogP contribution >= 0.6 is 15.9 Å². The molecule has 1 rings (SSSR count). The normalized spacial score (nSPS) is 10.2. The zero-order valence-electron chi connectivity index (χ0n) is 10.0. The van der Waals surface area contributed by atoms with Crippen LogP contribution in [0.15, 0.2) is 28.7 Å². The highest BCUT2D eigenvalue weighted by atomic mass is 79.9. The van der Waals surface area contributed by atoms with E-state index in [-0.39, 0.29) is 5.91 Å². The van der Waals surface area contributed by atoms with Gasteiger partial charge in [0.05, 0.1) is 6.61 Å². The summed E-state index contributed by atoms with van der Waals surface area (Å²) < 4.78 is 6.30. The van der Waals surface area contributed by atoms with Crippen LogP contribution in [0.3, 0.4) is 0 Å². The van der Waals surface area contributed by atoms with E-state index in [9.17, 15) is 4.79 Å². The predicted molar refractivity (Wildman–Crippen MR) is 71.7 cm³/mol. The van der Waals surface area contributed by atoms with Crippen molar-refractivity contribution in [1.82, 2.24) is 5.32 Å². The van der Waals surface area contributed by atoms with Crippen LogP contribution in [0.2, 0.25) is 0 Å². The van der Waals surface area contributed by atoms with Crippen LogP contribution in [0.5, 0.6) is 0 Å². The Hall–Kier alpha value is -0.870. The Morgan fingerprint density at radius 3 is 2.65 bits per heavy atom. The molecule has 1 aromatic rings. The third-order valence-electron chi connectivity index (χ3n) is 2.22. The minimum Gasteiger partial charge on any atom is -0.381 e. The average Bonchev–Trinajstić information content (AvgIpc) is 2.34. The number of hydrogen-bond donors (Lipinski definition) is 1. The first kappa shape index (κ1) is 14.2. The Morgan fingerprint density at radius 1 is 1.29 bits per heavy atom. The molecule has 0 aliphatic rings. The van der Waals surface area contributed by atoms with Gasteiger partial charge in [0.25, 0.3) is 0 Å². The average molecular weight is 300 g/mol. The summed E-state index contributed by atoms with van der Waals surface area (Å²) in [4.78, 5) is 11.4. The predicted octanol–water partition coefficient (Wildman–Crippen LogP) is 2.88. The summed E-state index contributed by atoms with van der Waals surface area (Å²) in [7, 11) is 0. The maximum absolute atomic E-state index is 11.4. The zero-order chi connectivity index (χ0) is 12.5. The molecule has 0 aliphatic carbocycles. The van der Waals surface area contributed by atoms with Gasteiger partial charge in [-0.2, -0.15) is 0 Å². The van der Waals surface area contributed by atoms with Gasteiger partial charge in [-0.25, -0.2) is 0 Å². The molecule has 1 aromatic carbocycles. The van der Waals surface area contributed by atoms with Crippen molar-refractivity contribution < 1.29 is 9.53 Å². The van der Waals surface area contributed by atoms with Crippen LogP contribution in [0, 0.1) is 0 Å². The number of carbonyl (C=O) groups is 1. The van der Waals surface area contributed by atoms with Crippen molar-refractivity contribution in [3.05, 3.63) is 34.3 Å². The molecule has 17 heavy (non-hydrogen) atoms. The summed E-state index contributed by atoms with van der Waals surface area (Å²) in [5.74, 6) is 0.0315. The van der Waals surface area contributed by atoms with E-state index in [0.29, 0.717) is 19.6 Å². The Balaban J connectivity index is 2.17. The van der Waals surface area contributed by atoms with Crippen LogP contribution in [-0.2, 0) is 16.1 Å². The minimum absolute atomic E-state index is 0.0315. The van der Waals surface area contributed by atoms with E-state index in [4.69, 9.17) is 4.74 Å². The summed E-state index contributed by atoms with van der Waals surface area (Å²) >= 11 is 3.37. The molecule has 3 nitrogen and oxygen atoms in total. The number of amides is 1. The molecule has 0 heterocycles. The second kappa shape index (κ2) is 8.25. The molecule has 4 heteroatoms. The molecule has 0 atom stereocenters. The fraction of sp³-hybridized carbons (Fsp3) is 0.462. The van der Waals surface area contributed by atoms with E-state index in [1.54, 1.807) is 0 Å². The number of nitrogens with one attached hydrogen (secondary N) is 1. The number of benzene rings is 1. The summed E-state index contributed by atoms with van der Waals surface area (Å²) in [6, 6.07) is 7.90. The van der Waals surface area contributed by atoms with Gasteiger partial charge in [-0.15, -0.1) is 0 Å². The third-order valence-corrected chi connectivity index (χ3v) is 2.75. The maximum atomic E-state index is 11.4. The first-order valence-corrected chi connectivity index (χ1v) is 6.60. The smallest absolute Gasteiger partial charge is 0.222 e. The van der Waals surface area contributed by atoms with E-state index in [2.05, 4.69) is 21.2 Å². The Bertz CT molecular complexity index is 338. The lowest BCUT2D eigenvalue weighted by molar-refractivity contribution is -0.122. The van der Waals surface area contributed by atoms with Crippen molar-refractivity contribution in [3.8, 4) is 0 Å². The van der Waals surface area contributed by atoms with Crippen molar-refractivity contribution in [2.75, 3.05) is 13.2 Å². The lowest BCUT2D eigenvalue weighted by Gasteiger charge is -2.06. The second-order valence-corrected chi connectivity index (χ2v) is 4.68. The molecule has 0 fully saturated rings. The molecule has 0 saturated heterocycles. The molecule has 1 N–H and O–H groups in total. The van der Waals surface area contributed by atoms with Gasteiger partial charge in [0, 0.05) is 24.0 Å². The quantitative estimate of drug-likeness (QED) is 0.786. The number of carbonyl (C=O) groups excluding carboxylic acids is 1. The summed E-state index contributed by atoms with van der Waals surface area (Å²) in [5.41, 5.74) is 1.09. The van der Waals surface area contributed by atoms with Crippen molar-refractivity contribution in [3.63, 3.8) is 0 Å². The van der Waals surface area contributed by atoms with Crippen molar-refractivity contribution in [2.45, 2.75) is 26.3 Å². The van der Waals surface area contributed by atoms with Gasteiger partial charge in [0.1, 0.15) is 0 Å². The highest BCUT2D eigenvalue weighted by Gasteiger charge is 2.01. The lowest BCUT2D eigenvalue weighted by atomic mass is 10.2. The standard InChI is InChI=1S/C13H18BrNO2/c1-2-8-17-9-7-13(16)15-10-11-3-5-12(14)6-4-11/h3-6H,2,7-10H2,1H3,(H,15,16). The first-order valence-electron chi connectivity index (χ1n) is 5.81. The van der Waals surface area contributed by atoms with E-state index in [0.717, 1.165) is 23.1 Å². The maximum Gasteiger partial charge on any atom is 0.222 e. The SMILES string of the molecule is CCCOCCC(=O)NCc1ccc(Br)cc1. The van der Waals surface area contributed by atoms with Gasteiger partial charge in [0.2, 0.25) is 5.91 Å². The van der Waals surface area contributed by atoms with Gasteiger partial charge in [-0.1, -0.05) is 35.0 Å².